The number of nitrogens with one attached hydrogen (secondary N) is 1. The molecule has 0 aliphatic heterocycles. The molecule has 0 unspecified atom stereocenters. The third-order valence-corrected chi connectivity index (χ3v) is 5.00. The fourth-order valence-electron chi connectivity index (χ4n) is 1.58. The van der Waals surface area contributed by atoms with Crippen LogP contribution in [0.25, 0.3) is 0 Å². The van der Waals surface area contributed by atoms with Crippen molar-refractivity contribution in [2.45, 2.75) is 17.7 Å². The summed E-state index contributed by atoms with van der Waals surface area (Å²) >= 11 is 9.01. The summed E-state index contributed by atoms with van der Waals surface area (Å²) in [6.07, 6.45) is 2.22. The maximum Gasteiger partial charge on any atom is 0.252 e. The van der Waals surface area contributed by atoms with Crippen molar-refractivity contribution in [1.29, 1.82) is 0 Å². The van der Waals surface area contributed by atoms with Gasteiger partial charge in [0, 0.05) is 11.0 Å². The number of carbonyl (C=O) groups is 1. The zero-order chi connectivity index (χ0) is 14.2. The van der Waals surface area contributed by atoms with Gasteiger partial charge < -0.3 is 5.32 Å². The zero-order valence-corrected chi connectivity index (χ0v) is 13.0. The number of primary sulfonamides is 1. The van der Waals surface area contributed by atoms with E-state index in [1.165, 1.54) is 12.1 Å². The molecule has 0 bridgehead atoms. The van der Waals surface area contributed by atoms with Crippen molar-refractivity contribution in [2.24, 2.45) is 11.1 Å². The predicted molar refractivity (Wildman–Crippen MR) is 75.6 cm³/mol. The van der Waals surface area contributed by atoms with Crippen LogP contribution in [-0.2, 0) is 10.0 Å². The normalized spacial score (nSPS) is 15.3. The lowest BCUT2D eigenvalue weighted by molar-refractivity contribution is 0.0951. The standard InChI is InChI=1S/C11H12BrClN2O3S/c12-8-4-9(13)7(3-10(8)19(14,17)18)11(16)15-5-6-1-2-6/h3-4,6H,1-2,5H2,(H,15,16)(H2,14,17,18). The number of nitrogens with two attached hydrogens (primary N) is 1. The molecule has 0 atom stereocenters. The lowest BCUT2D eigenvalue weighted by atomic mass is 10.2. The minimum absolute atomic E-state index is 0.106. The molecular formula is C11H12BrClN2O3S. The van der Waals surface area contributed by atoms with E-state index in [0.717, 1.165) is 12.8 Å². The Hall–Kier alpha value is -0.630. The molecule has 1 amide bonds. The molecule has 5 nitrogen and oxygen atoms in total. The van der Waals surface area contributed by atoms with E-state index in [1.807, 2.05) is 0 Å². The Labute approximate surface area is 124 Å². The van der Waals surface area contributed by atoms with Crippen molar-refractivity contribution < 1.29 is 13.2 Å². The van der Waals surface area contributed by atoms with E-state index >= 15 is 0 Å². The molecule has 8 heteroatoms. The molecule has 1 aliphatic rings. The molecule has 0 saturated heterocycles. The van der Waals surface area contributed by atoms with Gasteiger partial charge >= 0.3 is 0 Å². The van der Waals surface area contributed by atoms with E-state index in [2.05, 4.69) is 21.2 Å². The van der Waals surface area contributed by atoms with Crippen LogP contribution in [0.1, 0.15) is 23.2 Å². The molecule has 0 heterocycles. The van der Waals surface area contributed by atoms with Crippen LogP contribution in [0.5, 0.6) is 0 Å². The second-order valence-electron chi connectivity index (χ2n) is 4.46. The van der Waals surface area contributed by atoms with Gasteiger partial charge in [-0.05, 0) is 46.8 Å². The molecule has 1 saturated carbocycles. The first-order valence-corrected chi connectivity index (χ1v) is 8.31. The maximum atomic E-state index is 11.9. The Kier molecular flexibility index (Phi) is 4.20. The highest BCUT2D eigenvalue weighted by molar-refractivity contribution is 9.10. The highest BCUT2D eigenvalue weighted by Gasteiger charge is 2.23. The molecule has 104 valence electrons. The van der Waals surface area contributed by atoms with Crippen molar-refractivity contribution in [3.8, 4) is 0 Å². The second-order valence-corrected chi connectivity index (χ2v) is 7.25. The van der Waals surface area contributed by atoms with Gasteiger partial charge in [0.2, 0.25) is 10.0 Å². The first-order chi connectivity index (χ1) is 8.79. The van der Waals surface area contributed by atoms with Crippen molar-refractivity contribution in [1.82, 2.24) is 5.32 Å². The first kappa shape index (κ1) is 14.8. The van der Waals surface area contributed by atoms with Crippen molar-refractivity contribution >= 4 is 43.5 Å². The summed E-state index contributed by atoms with van der Waals surface area (Å²) in [7, 11) is -3.91. The number of carbonyl (C=O) groups excluding carboxylic acids is 1. The predicted octanol–water partition coefficient (Wildman–Crippen LogP) is 1.89. The van der Waals surface area contributed by atoms with Gasteiger partial charge in [-0.1, -0.05) is 11.6 Å². The van der Waals surface area contributed by atoms with Crippen LogP contribution in [-0.4, -0.2) is 20.9 Å². The molecule has 1 aromatic rings. The Morgan fingerprint density at radius 2 is 2.11 bits per heavy atom. The number of amides is 1. The number of benzene rings is 1. The molecule has 1 aliphatic carbocycles. The van der Waals surface area contributed by atoms with Crippen LogP contribution < -0.4 is 10.5 Å². The van der Waals surface area contributed by atoms with E-state index in [-0.39, 0.29) is 20.0 Å². The lowest BCUT2D eigenvalue weighted by Crippen LogP contribution is -2.26. The fraction of sp³-hybridized carbons (Fsp3) is 0.364. The fourth-order valence-corrected chi connectivity index (χ4v) is 3.59. The van der Waals surface area contributed by atoms with Crippen LogP contribution in [0, 0.1) is 5.92 Å². The molecule has 1 fully saturated rings. The van der Waals surface area contributed by atoms with Gasteiger partial charge in [0.25, 0.3) is 5.91 Å². The molecule has 0 spiro atoms. The number of sulfonamides is 1. The maximum absolute atomic E-state index is 11.9. The summed E-state index contributed by atoms with van der Waals surface area (Å²) < 4.78 is 23.0. The average Bonchev–Trinajstić information content (AvgIpc) is 3.07. The van der Waals surface area contributed by atoms with E-state index in [1.54, 1.807) is 0 Å². The SMILES string of the molecule is NS(=O)(=O)c1cc(C(=O)NCC2CC2)c(Cl)cc1Br. The highest BCUT2D eigenvalue weighted by Crippen LogP contribution is 2.30. The monoisotopic (exact) mass is 366 g/mol. The summed E-state index contributed by atoms with van der Waals surface area (Å²) in [5.74, 6) is 0.130. The van der Waals surface area contributed by atoms with Crippen LogP contribution in [0.4, 0.5) is 0 Å². The molecule has 0 aromatic heterocycles. The van der Waals surface area contributed by atoms with E-state index in [0.29, 0.717) is 12.5 Å². The summed E-state index contributed by atoms with van der Waals surface area (Å²) in [5.41, 5.74) is 0.106. The quantitative estimate of drug-likeness (QED) is 0.851. The van der Waals surface area contributed by atoms with Gasteiger partial charge in [-0.25, -0.2) is 13.6 Å². The number of hydrogen-bond donors (Lipinski definition) is 2. The van der Waals surface area contributed by atoms with Crippen molar-refractivity contribution in [3.63, 3.8) is 0 Å². The van der Waals surface area contributed by atoms with Gasteiger partial charge in [-0.3, -0.25) is 4.79 Å². The Morgan fingerprint density at radius 1 is 1.47 bits per heavy atom. The second kappa shape index (κ2) is 5.40. The number of rotatable bonds is 4. The number of halogens is 2. The van der Waals surface area contributed by atoms with E-state index < -0.39 is 15.9 Å². The smallest absolute Gasteiger partial charge is 0.252 e. The summed E-state index contributed by atoms with van der Waals surface area (Å²) in [6.45, 7) is 0.579. The zero-order valence-electron chi connectivity index (χ0n) is 9.82. The van der Waals surface area contributed by atoms with E-state index in [9.17, 15) is 13.2 Å². The third-order valence-electron chi connectivity index (χ3n) is 2.82. The highest BCUT2D eigenvalue weighted by atomic mass is 79.9. The molecule has 1 aromatic carbocycles. The first-order valence-electron chi connectivity index (χ1n) is 5.59. The van der Waals surface area contributed by atoms with E-state index in [4.69, 9.17) is 16.7 Å². The summed E-state index contributed by atoms with van der Waals surface area (Å²) in [5, 5.41) is 7.98. The van der Waals surface area contributed by atoms with Gasteiger partial charge in [-0.15, -0.1) is 0 Å². The van der Waals surface area contributed by atoms with Gasteiger partial charge in [0.1, 0.15) is 0 Å². The largest absolute Gasteiger partial charge is 0.352 e. The molecule has 19 heavy (non-hydrogen) atoms. The minimum Gasteiger partial charge on any atom is -0.352 e. The van der Waals surface area contributed by atoms with Crippen molar-refractivity contribution in [3.05, 3.63) is 27.2 Å². The topological polar surface area (TPSA) is 89.3 Å². The van der Waals surface area contributed by atoms with Crippen LogP contribution in [0.15, 0.2) is 21.5 Å². The molecule has 0 radical (unpaired) electrons. The van der Waals surface area contributed by atoms with Crippen LogP contribution in [0.2, 0.25) is 5.02 Å². The van der Waals surface area contributed by atoms with Gasteiger partial charge in [-0.2, -0.15) is 0 Å². The Bertz CT molecular complexity index is 629. The molecular weight excluding hydrogens is 356 g/mol. The molecule has 2 rings (SSSR count). The summed E-state index contributed by atoms with van der Waals surface area (Å²) in [6, 6.07) is 2.54. The van der Waals surface area contributed by atoms with Crippen LogP contribution in [0.3, 0.4) is 0 Å². The third kappa shape index (κ3) is 3.68. The van der Waals surface area contributed by atoms with Gasteiger partial charge in [0.05, 0.1) is 15.5 Å². The average molecular weight is 368 g/mol. The Balaban J connectivity index is 2.30. The van der Waals surface area contributed by atoms with Gasteiger partial charge in [0.15, 0.2) is 0 Å². The van der Waals surface area contributed by atoms with Crippen LogP contribution >= 0.6 is 27.5 Å². The summed E-state index contributed by atoms with van der Waals surface area (Å²) in [4.78, 5) is 11.8. The Morgan fingerprint density at radius 3 is 2.63 bits per heavy atom. The number of hydrogen-bond acceptors (Lipinski definition) is 3. The van der Waals surface area contributed by atoms with Crippen molar-refractivity contribution in [2.75, 3.05) is 6.54 Å². The molecule has 3 N–H and O–H groups in total. The minimum atomic E-state index is -3.91. The lowest BCUT2D eigenvalue weighted by Gasteiger charge is -2.09.